The number of benzene rings is 1. The van der Waals surface area contributed by atoms with Gasteiger partial charge in [0.1, 0.15) is 0 Å². The van der Waals surface area contributed by atoms with Crippen molar-refractivity contribution in [2.75, 3.05) is 19.7 Å². The van der Waals surface area contributed by atoms with Gasteiger partial charge in [-0.2, -0.15) is 0 Å². The number of nitrogens with one attached hydrogen (secondary N) is 1. The van der Waals surface area contributed by atoms with E-state index in [0.717, 1.165) is 6.42 Å². The summed E-state index contributed by atoms with van der Waals surface area (Å²) in [5.41, 5.74) is 6.89. The van der Waals surface area contributed by atoms with Crippen LogP contribution in [0.1, 0.15) is 5.56 Å². The van der Waals surface area contributed by atoms with Crippen molar-refractivity contribution >= 4 is 0 Å². The third-order valence-corrected chi connectivity index (χ3v) is 2.15. The Morgan fingerprint density at radius 1 is 1.29 bits per heavy atom. The van der Waals surface area contributed by atoms with Crippen LogP contribution in [-0.2, 0) is 6.42 Å². The van der Waals surface area contributed by atoms with Gasteiger partial charge < -0.3 is 16.2 Å². The van der Waals surface area contributed by atoms with Gasteiger partial charge in [0.05, 0.1) is 6.61 Å². The zero-order valence-corrected chi connectivity index (χ0v) is 8.32. The zero-order valence-electron chi connectivity index (χ0n) is 8.32. The molecule has 0 heterocycles. The molecular formula is C11H18N2O. The van der Waals surface area contributed by atoms with Crippen LogP contribution in [0.5, 0.6) is 0 Å². The number of aliphatic hydroxyl groups excluding tert-OH is 1. The van der Waals surface area contributed by atoms with Crippen molar-refractivity contribution in [2.45, 2.75) is 12.5 Å². The lowest BCUT2D eigenvalue weighted by molar-refractivity contribution is 0.284. The largest absolute Gasteiger partial charge is 0.395 e. The maximum Gasteiger partial charge on any atom is 0.0556 e. The number of hydrogen-bond donors (Lipinski definition) is 3. The molecule has 0 bridgehead atoms. The molecule has 0 aromatic heterocycles. The first-order valence-corrected chi connectivity index (χ1v) is 4.95. The van der Waals surface area contributed by atoms with Crippen molar-refractivity contribution in [3.05, 3.63) is 35.9 Å². The van der Waals surface area contributed by atoms with Gasteiger partial charge in [0.25, 0.3) is 0 Å². The van der Waals surface area contributed by atoms with Crippen LogP contribution in [0.4, 0.5) is 0 Å². The fraction of sp³-hybridized carbons (Fsp3) is 0.455. The molecule has 4 N–H and O–H groups in total. The van der Waals surface area contributed by atoms with E-state index in [1.54, 1.807) is 0 Å². The van der Waals surface area contributed by atoms with E-state index in [-0.39, 0.29) is 12.6 Å². The molecule has 3 heteroatoms. The standard InChI is InChI=1S/C11H18N2O/c12-9-11(13-6-7-14)8-10-4-2-1-3-5-10/h1-5,11,13-14H,6-9,12H2. The van der Waals surface area contributed by atoms with Crippen LogP contribution in [-0.4, -0.2) is 30.8 Å². The minimum absolute atomic E-state index is 0.158. The second-order valence-electron chi connectivity index (χ2n) is 3.30. The fourth-order valence-corrected chi connectivity index (χ4v) is 1.41. The first-order chi connectivity index (χ1) is 6.86. The molecule has 0 amide bonds. The normalized spacial score (nSPS) is 12.7. The predicted molar refractivity (Wildman–Crippen MR) is 58.1 cm³/mol. The lowest BCUT2D eigenvalue weighted by atomic mass is 10.1. The van der Waals surface area contributed by atoms with E-state index in [9.17, 15) is 0 Å². The Hall–Kier alpha value is -0.900. The maximum absolute atomic E-state index is 8.67. The summed E-state index contributed by atoms with van der Waals surface area (Å²) in [5, 5.41) is 11.9. The summed E-state index contributed by atoms with van der Waals surface area (Å²) in [6, 6.07) is 10.5. The summed E-state index contributed by atoms with van der Waals surface area (Å²) in [5.74, 6) is 0. The quantitative estimate of drug-likeness (QED) is 0.603. The number of nitrogens with two attached hydrogens (primary N) is 1. The van der Waals surface area contributed by atoms with Gasteiger partial charge in [-0.05, 0) is 12.0 Å². The van der Waals surface area contributed by atoms with Crippen molar-refractivity contribution in [3.63, 3.8) is 0 Å². The summed E-state index contributed by atoms with van der Waals surface area (Å²) in [6.07, 6.45) is 0.914. The SMILES string of the molecule is NCC(Cc1ccccc1)NCCO. The van der Waals surface area contributed by atoms with Crippen LogP contribution in [0.25, 0.3) is 0 Å². The van der Waals surface area contributed by atoms with E-state index < -0.39 is 0 Å². The summed E-state index contributed by atoms with van der Waals surface area (Å²) >= 11 is 0. The lowest BCUT2D eigenvalue weighted by Gasteiger charge is -2.15. The minimum atomic E-state index is 0.158. The molecule has 0 saturated carbocycles. The summed E-state index contributed by atoms with van der Waals surface area (Å²) in [7, 11) is 0. The van der Waals surface area contributed by atoms with E-state index in [0.29, 0.717) is 13.1 Å². The molecule has 0 aliphatic rings. The number of aliphatic hydroxyl groups is 1. The smallest absolute Gasteiger partial charge is 0.0556 e. The van der Waals surface area contributed by atoms with Crippen LogP contribution in [0.2, 0.25) is 0 Å². The Morgan fingerprint density at radius 3 is 2.57 bits per heavy atom. The predicted octanol–water partition coefficient (Wildman–Crippen LogP) is 0.138. The molecule has 0 aliphatic carbocycles. The van der Waals surface area contributed by atoms with Crippen LogP contribution >= 0.6 is 0 Å². The van der Waals surface area contributed by atoms with Gasteiger partial charge in [0, 0.05) is 19.1 Å². The van der Waals surface area contributed by atoms with Gasteiger partial charge in [0.15, 0.2) is 0 Å². The van der Waals surface area contributed by atoms with Gasteiger partial charge in [-0.15, -0.1) is 0 Å². The summed E-state index contributed by atoms with van der Waals surface area (Å²) in [6.45, 7) is 1.36. The van der Waals surface area contributed by atoms with E-state index in [2.05, 4.69) is 17.4 Å². The van der Waals surface area contributed by atoms with E-state index >= 15 is 0 Å². The third-order valence-electron chi connectivity index (χ3n) is 2.15. The monoisotopic (exact) mass is 194 g/mol. The minimum Gasteiger partial charge on any atom is -0.395 e. The molecule has 3 nitrogen and oxygen atoms in total. The Labute approximate surface area is 84.9 Å². The van der Waals surface area contributed by atoms with Crippen LogP contribution in [0.15, 0.2) is 30.3 Å². The highest BCUT2D eigenvalue weighted by Crippen LogP contribution is 2.01. The topological polar surface area (TPSA) is 58.3 Å². The van der Waals surface area contributed by atoms with Gasteiger partial charge >= 0.3 is 0 Å². The number of hydrogen-bond acceptors (Lipinski definition) is 3. The van der Waals surface area contributed by atoms with Crippen LogP contribution < -0.4 is 11.1 Å². The maximum atomic E-state index is 8.67. The fourth-order valence-electron chi connectivity index (χ4n) is 1.41. The van der Waals surface area contributed by atoms with Crippen molar-refractivity contribution in [1.29, 1.82) is 0 Å². The summed E-state index contributed by atoms with van der Waals surface area (Å²) < 4.78 is 0. The Balaban J connectivity index is 2.40. The molecule has 1 aromatic rings. The highest BCUT2D eigenvalue weighted by Gasteiger charge is 2.05. The van der Waals surface area contributed by atoms with Crippen LogP contribution in [0, 0.1) is 0 Å². The van der Waals surface area contributed by atoms with Crippen molar-refractivity contribution < 1.29 is 5.11 Å². The van der Waals surface area contributed by atoms with Crippen molar-refractivity contribution in [1.82, 2.24) is 5.32 Å². The molecule has 1 aromatic carbocycles. The molecule has 1 unspecified atom stereocenters. The van der Waals surface area contributed by atoms with Gasteiger partial charge in [-0.1, -0.05) is 30.3 Å². The molecule has 1 rings (SSSR count). The lowest BCUT2D eigenvalue weighted by Crippen LogP contribution is -2.39. The van der Waals surface area contributed by atoms with Gasteiger partial charge in [0.2, 0.25) is 0 Å². The molecule has 78 valence electrons. The van der Waals surface area contributed by atoms with Crippen molar-refractivity contribution in [2.24, 2.45) is 5.73 Å². The van der Waals surface area contributed by atoms with Crippen molar-refractivity contribution in [3.8, 4) is 0 Å². The average Bonchev–Trinajstić information content (AvgIpc) is 2.25. The first kappa shape index (κ1) is 11.2. The van der Waals surface area contributed by atoms with E-state index in [1.807, 2.05) is 18.2 Å². The zero-order chi connectivity index (χ0) is 10.2. The highest BCUT2D eigenvalue weighted by molar-refractivity contribution is 5.15. The van der Waals surface area contributed by atoms with E-state index in [1.165, 1.54) is 5.56 Å². The Kier molecular flexibility index (Phi) is 5.22. The Bertz CT molecular complexity index is 238. The Morgan fingerprint density at radius 2 is 2.00 bits per heavy atom. The molecule has 14 heavy (non-hydrogen) atoms. The van der Waals surface area contributed by atoms with E-state index in [4.69, 9.17) is 10.8 Å². The third kappa shape index (κ3) is 3.87. The molecule has 0 aliphatic heterocycles. The van der Waals surface area contributed by atoms with Gasteiger partial charge in [-0.3, -0.25) is 0 Å². The molecule has 0 radical (unpaired) electrons. The van der Waals surface area contributed by atoms with Gasteiger partial charge in [-0.25, -0.2) is 0 Å². The highest BCUT2D eigenvalue weighted by atomic mass is 16.3. The first-order valence-electron chi connectivity index (χ1n) is 4.95. The second kappa shape index (κ2) is 6.54. The van der Waals surface area contributed by atoms with Crippen LogP contribution in [0.3, 0.4) is 0 Å². The molecule has 0 fully saturated rings. The molecule has 0 spiro atoms. The number of rotatable bonds is 6. The summed E-state index contributed by atoms with van der Waals surface area (Å²) in [4.78, 5) is 0. The molecular weight excluding hydrogens is 176 g/mol. The average molecular weight is 194 g/mol. The second-order valence-corrected chi connectivity index (χ2v) is 3.30. The molecule has 1 atom stereocenters. The molecule has 0 saturated heterocycles.